The smallest absolute Gasteiger partial charge is 0.270 e. The van der Waals surface area contributed by atoms with Gasteiger partial charge in [0.25, 0.3) is 11.4 Å². The standard InChI is InChI=1S/C18H22N2O3/c21-20(22)16-7-8-17-14(13-16)12-15-6-2-3-9-18(15,23-17)19-10-4-1-5-11-19/h7-8,12-13H,1-6,9-11H2/p+1. The minimum atomic E-state index is -0.336. The molecule has 0 aromatic heterocycles. The fraction of sp³-hybridized carbons (Fsp3) is 0.556. The lowest BCUT2D eigenvalue weighted by Crippen LogP contribution is -3.22. The van der Waals surface area contributed by atoms with Crippen molar-refractivity contribution in [2.45, 2.75) is 50.7 Å². The van der Waals surface area contributed by atoms with Gasteiger partial charge in [-0.05, 0) is 50.7 Å². The zero-order chi connectivity index (χ0) is 15.9. The summed E-state index contributed by atoms with van der Waals surface area (Å²) < 4.78 is 6.57. The molecule has 5 heteroatoms. The number of nitro benzene ring substituents is 1. The predicted molar refractivity (Wildman–Crippen MR) is 87.4 cm³/mol. The van der Waals surface area contributed by atoms with Gasteiger partial charge in [0, 0.05) is 29.7 Å². The van der Waals surface area contributed by atoms with Crippen LogP contribution in [0, 0.1) is 10.1 Å². The molecule has 1 unspecified atom stereocenters. The number of rotatable bonds is 2. The van der Waals surface area contributed by atoms with Gasteiger partial charge in [0.05, 0.1) is 18.0 Å². The summed E-state index contributed by atoms with van der Waals surface area (Å²) in [5.41, 5.74) is 2.12. The molecule has 2 aliphatic heterocycles. The lowest BCUT2D eigenvalue weighted by Gasteiger charge is -2.47. The lowest BCUT2D eigenvalue weighted by atomic mass is 9.81. The summed E-state index contributed by atoms with van der Waals surface area (Å²) in [5.74, 6) is 0.805. The van der Waals surface area contributed by atoms with E-state index in [4.69, 9.17) is 4.74 Å². The predicted octanol–water partition coefficient (Wildman–Crippen LogP) is 2.71. The molecule has 2 heterocycles. The first-order chi connectivity index (χ1) is 11.2. The van der Waals surface area contributed by atoms with E-state index in [1.54, 1.807) is 23.1 Å². The Morgan fingerprint density at radius 2 is 1.96 bits per heavy atom. The fourth-order valence-electron chi connectivity index (χ4n) is 4.45. The molecule has 2 fully saturated rings. The van der Waals surface area contributed by atoms with Crippen LogP contribution in [0.5, 0.6) is 5.75 Å². The van der Waals surface area contributed by atoms with Gasteiger partial charge in [-0.15, -0.1) is 0 Å². The summed E-state index contributed by atoms with van der Waals surface area (Å²) in [6.07, 6.45) is 10.5. The number of nitrogens with zero attached hydrogens (tertiary/aromatic N) is 1. The SMILES string of the molecule is O=[N+]([O-])c1ccc2c(c1)C=C1CCCCC1([NH+]1CCCCC1)O2. The molecule has 1 N–H and O–H groups in total. The van der Waals surface area contributed by atoms with Crippen molar-refractivity contribution in [3.05, 3.63) is 39.4 Å². The monoisotopic (exact) mass is 315 g/mol. The van der Waals surface area contributed by atoms with Crippen molar-refractivity contribution in [1.29, 1.82) is 0 Å². The maximum absolute atomic E-state index is 11.0. The number of nitro groups is 1. The Kier molecular flexibility index (Phi) is 3.60. The number of benzene rings is 1. The molecule has 0 amide bonds. The Labute approximate surface area is 136 Å². The second-order valence-electron chi connectivity index (χ2n) is 6.95. The minimum absolute atomic E-state index is 0.137. The van der Waals surface area contributed by atoms with E-state index in [2.05, 4.69) is 6.08 Å². The molecule has 1 aromatic rings. The van der Waals surface area contributed by atoms with Crippen LogP contribution in [0.2, 0.25) is 0 Å². The van der Waals surface area contributed by atoms with Crippen molar-refractivity contribution >= 4 is 11.8 Å². The van der Waals surface area contributed by atoms with Crippen molar-refractivity contribution in [3.63, 3.8) is 0 Å². The molecular weight excluding hydrogens is 292 g/mol. The summed E-state index contributed by atoms with van der Waals surface area (Å²) in [4.78, 5) is 12.2. The zero-order valence-electron chi connectivity index (χ0n) is 13.3. The summed E-state index contributed by atoms with van der Waals surface area (Å²) in [7, 11) is 0. The van der Waals surface area contributed by atoms with Gasteiger partial charge in [0.1, 0.15) is 5.75 Å². The van der Waals surface area contributed by atoms with Gasteiger partial charge >= 0.3 is 0 Å². The molecular formula is C18H23N2O3+. The fourth-order valence-corrected chi connectivity index (χ4v) is 4.45. The van der Waals surface area contributed by atoms with Gasteiger partial charge in [0.15, 0.2) is 0 Å². The van der Waals surface area contributed by atoms with Gasteiger partial charge in [0.2, 0.25) is 0 Å². The van der Waals surface area contributed by atoms with Gasteiger partial charge < -0.3 is 4.74 Å². The van der Waals surface area contributed by atoms with E-state index in [1.807, 2.05) is 0 Å². The van der Waals surface area contributed by atoms with Crippen LogP contribution in [0.3, 0.4) is 0 Å². The van der Waals surface area contributed by atoms with Crippen molar-refractivity contribution < 1.29 is 14.6 Å². The molecule has 1 aliphatic carbocycles. The molecule has 5 nitrogen and oxygen atoms in total. The van der Waals surface area contributed by atoms with Crippen molar-refractivity contribution in [2.75, 3.05) is 13.1 Å². The highest BCUT2D eigenvalue weighted by atomic mass is 16.6. The molecule has 122 valence electrons. The summed E-state index contributed by atoms with van der Waals surface area (Å²) in [5, 5.41) is 11.0. The molecule has 23 heavy (non-hydrogen) atoms. The lowest BCUT2D eigenvalue weighted by molar-refractivity contribution is -0.972. The Hall–Kier alpha value is -1.88. The third-order valence-corrected chi connectivity index (χ3v) is 5.59. The first-order valence-electron chi connectivity index (χ1n) is 8.73. The largest absolute Gasteiger partial charge is 0.436 e. The number of non-ortho nitro benzene ring substituents is 1. The Balaban J connectivity index is 1.75. The Morgan fingerprint density at radius 1 is 1.13 bits per heavy atom. The van der Waals surface area contributed by atoms with Gasteiger partial charge in [-0.3, -0.25) is 15.0 Å². The second kappa shape index (κ2) is 5.64. The van der Waals surface area contributed by atoms with Gasteiger partial charge in [-0.2, -0.15) is 0 Å². The normalized spacial score (nSPS) is 27.4. The topological polar surface area (TPSA) is 56.8 Å². The van der Waals surface area contributed by atoms with Crippen LogP contribution in [-0.2, 0) is 0 Å². The molecule has 3 aliphatic rings. The highest BCUT2D eigenvalue weighted by Gasteiger charge is 2.50. The first kappa shape index (κ1) is 14.7. The van der Waals surface area contributed by atoms with Crippen LogP contribution in [0.15, 0.2) is 23.8 Å². The van der Waals surface area contributed by atoms with E-state index in [0.29, 0.717) is 0 Å². The number of hydrogen-bond donors (Lipinski definition) is 1. The molecule has 1 aromatic carbocycles. The van der Waals surface area contributed by atoms with E-state index in [-0.39, 0.29) is 16.3 Å². The average Bonchev–Trinajstić information content (AvgIpc) is 2.60. The van der Waals surface area contributed by atoms with E-state index in [0.717, 1.165) is 24.2 Å². The molecule has 1 atom stereocenters. The summed E-state index contributed by atoms with van der Waals surface area (Å²) >= 11 is 0. The molecule has 0 bridgehead atoms. The van der Waals surface area contributed by atoms with Crippen molar-refractivity contribution in [3.8, 4) is 5.75 Å². The molecule has 1 saturated carbocycles. The van der Waals surface area contributed by atoms with E-state index in [1.165, 1.54) is 50.8 Å². The maximum atomic E-state index is 11.0. The van der Waals surface area contributed by atoms with E-state index < -0.39 is 0 Å². The maximum Gasteiger partial charge on any atom is 0.270 e. The zero-order valence-corrected chi connectivity index (χ0v) is 13.3. The van der Waals surface area contributed by atoms with Gasteiger partial charge in [-0.1, -0.05) is 0 Å². The number of nitrogens with one attached hydrogen (secondary N) is 1. The highest BCUT2D eigenvalue weighted by molar-refractivity contribution is 5.66. The van der Waals surface area contributed by atoms with Crippen LogP contribution in [0.25, 0.3) is 6.08 Å². The third kappa shape index (κ3) is 2.43. The quantitative estimate of drug-likeness (QED) is 0.674. The molecule has 0 spiro atoms. The number of likely N-dealkylation sites (tertiary alicyclic amines) is 1. The highest BCUT2D eigenvalue weighted by Crippen LogP contribution is 2.41. The summed E-state index contributed by atoms with van der Waals surface area (Å²) in [6.45, 7) is 2.33. The minimum Gasteiger partial charge on any atom is -0.436 e. The number of piperidine rings is 1. The second-order valence-corrected chi connectivity index (χ2v) is 6.95. The number of quaternary nitrogens is 1. The van der Waals surface area contributed by atoms with Crippen LogP contribution in [0.4, 0.5) is 5.69 Å². The summed E-state index contributed by atoms with van der Waals surface area (Å²) in [6, 6.07) is 4.98. The molecule has 4 rings (SSSR count). The van der Waals surface area contributed by atoms with Gasteiger partial charge in [-0.25, -0.2) is 0 Å². The molecule has 0 radical (unpaired) electrons. The number of fused-ring (bicyclic) bond motifs is 2. The molecule has 1 saturated heterocycles. The average molecular weight is 315 g/mol. The van der Waals surface area contributed by atoms with Crippen LogP contribution >= 0.6 is 0 Å². The Morgan fingerprint density at radius 3 is 2.74 bits per heavy atom. The third-order valence-electron chi connectivity index (χ3n) is 5.59. The van der Waals surface area contributed by atoms with E-state index >= 15 is 0 Å². The van der Waals surface area contributed by atoms with Crippen molar-refractivity contribution in [1.82, 2.24) is 0 Å². The number of ether oxygens (including phenoxy) is 1. The van der Waals surface area contributed by atoms with Crippen LogP contribution < -0.4 is 9.64 Å². The van der Waals surface area contributed by atoms with Crippen LogP contribution in [0.1, 0.15) is 50.5 Å². The Bertz CT molecular complexity index is 664. The van der Waals surface area contributed by atoms with Crippen LogP contribution in [-0.4, -0.2) is 23.7 Å². The van der Waals surface area contributed by atoms with E-state index in [9.17, 15) is 10.1 Å². The van der Waals surface area contributed by atoms with Crippen molar-refractivity contribution in [2.24, 2.45) is 0 Å². The first-order valence-corrected chi connectivity index (χ1v) is 8.73. The number of hydrogen-bond acceptors (Lipinski definition) is 3.